The molecule has 1 aromatic rings. The highest BCUT2D eigenvalue weighted by Crippen LogP contribution is 2.48. The summed E-state index contributed by atoms with van der Waals surface area (Å²) in [7, 11) is 1.26. The zero-order valence-corrected chi connectivity index (χ0v) is 14.0. The van der Waals surface area contributed by atoms with Crippen LogP contribution < -0.4 is 10.5 Å². The zero-order chi connectivity index (χ0) is 19.0. The van der Waals surface area contributed by atoms with Crippen molar-refractivity contribution in [1.29, 1.82) is 5.26 Å². The van der Waals surface area contributed by atoms with E-state index < -0.39 is 34.3 Å². The lowest BCUT2D eigenvalue weighted by molar-refractivity contribution is -0.386. The number of benzene rings is 1. The second kappa shape index (κ2) is 6.55. The van der Waals surface area contributed by atoms with Crippen molar-refractivity contribution in [2.24, 2.45) is 11.7 Å². The highest BCUT2D eigenvalue weighted by Gasteiger charge is 2.46. The fourth-order valence-corrected chi connectivity index (χ4v) is 3.71. The summed E-state index contributed by atoms with van der Waals surface area (Å²) in [6.45, 7) is 0. The molecule has 26 heavy (non-hydrogen) atoms. The molecule has 0 radical (unpaired) electrons. The van der Waals surface area contributed by atoms with Crippen LogP contribution in [0.1, 0.15) is 30.7 Å². The molecular weight excluding hydrogens is 342 g/mol. The van der Waals surface area contributed by atoms with Crippen LogP contribution in [0.15, 0.2) is 23.6 Å². The van der Waals surface area contributed by atoms with Crippen molar-refractivity contribution in [1.82, 2.24) is 0 Å². The molecule has 0 unspecified atom stereocenters. The lowest BCUT2D eigenvalue weighted by Crippen LogP contribution is -2.43. The number of carbonyl (C=O) groups is 1. The summed E-state index contributed by atoms with van der Waals surface area (Å²) in [6.07, 6.45) is 1.11. The summed E-state index contributed by atoms with van der Waals surface area (Å²) in [6, 6.07) is 4.50. The minimum atomic E-state index is -0.792. The van der Waals surface area contributed by atoms with Crippen LogP contribution in [0.3, 0.4) is 0 Å². The van der Waals surface area contributed by atoms with Crippen molar-refractivity contribution in [3.8, 4) is 17.6 Å². The molecule has 0 bridgehead atoms. The number of phenolic OH excluding ortho intramolecular Hbond substituents is 1. The minimum Gasteiger partial charge on any atom is -0.500 e. The van der Waals surface area contributed by atoms with Gasteiger partial charge in [-0.3, -0.25) is 14.9 Å². The third kappa shape index (κ3) is 2.69. The smallest absolute Gasteiger partial charge is 0.314 e. The van der Waals surface area contributed by atoms with Crippen LogP contribution in [0, 0.1) is 27.4 Å². The van der Waals surface area contributed by atoms with Gasteiger partial charge in [-0.05, 0) is 24.5 Å². The van der Waals surface area contributed by atoms with Crippen molar-refractivity contribution in [3.63, 3.8) is 0 Å². The molecule has 1 aliphatic heterocycles. The normalized spacial score (nSPS) is 25.1. The number of nitriles is 1. The van der Waals surface area contributed by atoms with Gasteiger partial charge in [0.05, 0.1) is 23.5 Å². The number of ketones is 1. The van der Waals surface area contributed by atoms with Crippen molar-refractivity contribution in [2.45, 2.75) is 31.3 Å². The quantitative estimate of drug-likeness (QED) is 0.613. The van der Waals surface area contributed by atoms with E-state index in [4.69, 9.17) is 15.2 Å². The number of fused-ring (bicyclic) bond motifs is 1. The number of rotatable bonds is 3. The number of hydrogen-bond donors (Lipinski definition) is 2. The number of allylic oxidation sites excluding steroid dienone is 1. The third-order valence-corrected chi connectivity index (χ3v) is 4.87. The predicted molar refractivity (Wildman–Crippen MR) is 88.1 cm³/mol. The molecule has 3 rings (SSSR count). The van der Waals surface area contributed by atoms with Gasteiger partial charge in [0.2, 0.25) is 5.75 Å². The van der Waals surface area contributed by atoms with Crippen LogP contribution in [0.4, 0.5) is 5.69 Å². The maximum atomic E-state index is 12.6. The monoisotopic (exact) mass is 359 g/mol. The van der Waals surface area contributed by atoms with Crippen LogP contribution in [-0.4, -0.2) is 29.0 Å². The zero-order valence-electron chi connectivity index (χ0n) is 14.0. The minimum absolute atomic E-state index is 0.0449. The summed E-state index contributed by atoms with van der Waals surface area (Å²) in [5.74, 6) is -2.35. The third-order valence-electron chi connectivity index (χ3n) is 4.87. The largest absolute Gasteiger partial charge is 0.500 e. The number of nitrogens with two attached hydrogens (primary N) is 1. The fraction of sp³-hybridized carbons (Fsp3) is 0.412. The molecule has 0 amide bonds. The number of aromatic hydroxyl groups is 1. The molecule has 3 N–H and O–H groups in total. The molecule has 136 valence electrons. The molecule has 1 aliphatic carbocycles. The lowest BCUT2D eigenvalue weighted by Gasteiger charge is -2.40. The molecule has 9 heteroatoms. The molecule has 0 saturated heterocycles. The van der Waals surface area contributed by atoms with Gasteiger partial charge in [-0.2, -0.15) is 5.26 Å². The van der Waals surface area contributed by atoms with E-state index in [0.717, 1.165) is 6.07 Å². The van der Waals surface area contributed by atoms with E-state index in [0.29, 0.717) is 24.8 Å². The Morgan fingerprint density at radius 3 is 2.85 bits per heavy atom. The van der Waals surface area contributed by atoms with E-state index >= 15 is 0 Å². The number of nitro benzene ring substituents is 1. The van der Waals surface area contributed by atoms with Crippen molar-refractivity contribution >= 4 is 11.5 Å². The summed E-state index contributed by atoms with van der Waals surface area (Å²) >= 11 is 0. The molecular formula is C17H17N3O6. The first-order chi connectivity index (χ1) is 12.4. The van der Waals surface area contributed by atoms with Gasteiger partial charge in [-0.25, -0.2) is 0 Å². The number of methoxy groups -OCH3 is 1. The number of nitro groups is 1. The molecule has 1 heterocycles. The van der Waals surface area contributed by atoms with Gasteiger partial charge < -0.3 is 20.3 Å². The number of hydrogen-bond acceptors (Lipinski definition) is 8. The first-order valence-corrected chi connectivity index (χ1v) is 8.03. The molecule has 0 spiro atoms. The van der Waals surface area contributed by atoms with Gasteiger partial charge in [0.15, 0.2) is 11.6 Å². The molecule has 1 fully saturated rings. The standard InChI is InChI=1S/C17H17N3O6/c1-25-13-6-8(5-10(16(13)22)20(23)24)14-9(7-18)17(19)26-12-4-2-3-11(21)15(12)14/h5-6,12,14-15,22H,2-4,19H2,1H3/t12-,14+,15-/m0/s1. The predicted octanol–water partition coefficient (Wildman–Crippen LogP) is 1.85. The highest BCUT2D eigenvalue weighted by atomic mass is 16.6. The topological polar surface area (TPSA) is 149 Å². The Balaban J connectivity index is 2.23. The number of carbonyl (C=O) groups excluding carboxylic acids is 1. The first kappa shape index (κ1) is 17.5. The van der Waals surface area contributed by atoms with Crippen LogP contribution >= 0.6 is 0 Å². The van der Waals surface area contributed by atoms with E-state index in [1.54, 1.807) is 0 Å². The van der Waals surface area contributed by atoms with Crippen LogP contribution in [-0.2, 0) is 9.53 Å². The van der Waals surface area contributed by atoms with E-state index in [-0.39, 0.29) is 23.0 Å². The van der Waals surface area contributed by atoms with Crippen LogP contribution in [0.25, 0.3) is 0 Å². The second-order valence-electron chi connectivity index (χ2n) is 6.26. The van der Waals surface area contributed by atoms with Crippen molar-refractivity contribution in [2.75, 3.05) is 7.11 Å². The van der Waals surface area contributed by atoms with Crippen LogP contribution in [0.2, 0.25) is 0 Å². The number of nitrogens with zero attached hydrogens (tertiary/aromatic N) is 2. The summed E-state index contributed by atoms with van der Waals surface area (Å²) in [5.41, 5.74) is 5.66. The Hall–Kier alpha value is -3.28. The molecule has 1 saturated carbocycles. The van der Waals surface area contributed by atoms with E-state index in [2.05, 4.69) is 0 Å². The van der Waals surface area contributed by atoms with Gasteiger partial charge in [-0.1, -0.05) is 0 Å². The number of ether oxygens (including phenoxy) is 2. The Kier molecular flexibility index (Phi) is 4.42. The van der Waals surface area contributed by atoms with Gasteiger partial charge >= 0.3 is 5.69 Å². The Morgan fingerprint density at radius 2 is 2.23 bits per heavy atom. The Bertz CT molecular complexity index is 857. The maximum absolute atomic E-state index is 12.6. The van der Waals surface area contributed by atoms with E-state index in [1.807, 2.05) is 6.07 Å². The van der Waals surface area contributed by atoms with Gasteiger partial charge in [0.1, 0.15) is 18.0 Å². The maximum Gasteiger partial charge on any atom is 0.314 e. The van der Waals surface area contributed by atoms with Gasteiger partial charge in [0, 0.05) is 18.4 Å². The van der Waals surface area contributed by atoms with E-state index in [1.165, 1.54) is 13.2 Å². The van der Waals surface area contributed by atoms with Crippen molar-refractivity contribution < 1.29 is 24.3 Å². The number of phenols is 1. The Morgan fingerprint density at radius 1 is 1.50 bits per heavy atom. The SMILES string of the molecule is COc1cc([C@@H]2C(C#N)=C(N)O[C@H]3CCCC(=O)[C@@H]32)cc([N+](=O)[O-])c1O. The highest BCUT2D eigenvalue weighted by molar-refractivity contribution is 5.84. The molecule has 1 aromatic carbocycles. The second-order valence-corrected chi connectivity index (χ2v) is 6.26. The van der Waals surface area contributed by atoms with Gasteiger partial charge in [0.25, 0.3) is 0 Å². The van der Waals surface area contributed by atoms with E-state index in [9.17, 15) is 25.3 Å². The summed E-state index contributed by atoms with van der Waals surface area (Å²) in [5, 5.41) is 30.8. The average molecular weight is 359 g/mol. The van der Waals surface area contributed by atoms with Crippen LogP contribution in [0.5, 0.6) is 11.5 Å². The number of Topliss-reactive ketones (excluding diaryl/α,β-unsaturated/α-hetero) is 1. The fourth-order valence-electron chi connectivity index (χ4n) is 3.71. The van der Waals surface area contributed by atoms with Gasteiger partial charge in [-0.15, -0.1) is 0 Å². The average Bonchev–Trinajstić information content (AvgIpc) is 2.60. The lowest BCUT2D eigenvalue weighted by atomic mass is 9.70. The Labute approximate surface area is 148 Å². The summed E-state index contributed by atoms with van der Waals surface area (Å²) < 4.78 is 10.6. The molecule has 0 aromatic heterocycles. The van der Waals surface area contributed by atoms with Crippen molar-refractivity contribution in [3.05, 3.63) is 39.3 Å². The molecule has 2 aliphatic rings. The molecule has 3 atom stereocenters. The first-order valence-electron chi connectivity index (χ1n) is 8.03. The summed E-state index contributed by atoms with van der Waals surface area (Å²) in [4.78, 5) is 23.1. The molecule has 9 nitrogen and oxygen atoms in total.